The summed E-state index contributed by atoms with van der Waals surface area (Å²) >= 11 is 7.95. The summed E-state index contributed by atoms with van der Waals surface area (Å²) in [5, 5.41) is 9.73. The number of rotatable bonds is 7. The number of benzene rings is 1. The number of thiophene rings is 1. The average molecular weight is 651 g/mol. The first-order valence-corrected chi connectivity index (χ1v) is 17.5. The first kappa shape index (κ1) is 31.7. The Labute approximate surface area is 274 Å². The molecule has 0 bridgehead atoms. The number of fused-ring (bicyclic) bond motifs is 1. The van der Waals surface area contributed by atoms with Crippen LogP contribution in [-0.2, 0) is 22.6 Å². The molecule has 0 unspecified atom stereocenters. The minimum absolute atomic E-state index is 0.0220. The molecule has 9 nitrogen and oxygen atoms in total. The van der Waals surface area contributed by atoms with E-state index in [-0.39, 0.29) is 30.3 Å². The van der Waals surface area contributed by atoms with Crippen LogP contribution in [-0.4, -0.2) is 77.9 Å². The molecule has 2 aromatic rings. The number of terminal acetylenes is 1. The smallest absolute Gasteiger partial charge is 0.323 e. The fourth-order valence-corrected chi connectivity index (χ4v) is 8.70. The molecule has 0 radical (unpaired) electrons. The second-order valence-electron chi connectivity index (χ2n) is 13.0. The Morgan fingerprint density at radius 1 is 1.04 bits per heavy atom. The van der Waals surface area contributed by atoms with Gasteiger partial charge in [-0.3, -0.25) is 14.9 Å². The monoisotopic (exact) mass is 650 g/mol. The highest BCUT2D eigenvalue weighted by atomic mass is 35.5. The minimum Gasteiger partial charge on any atom is -0.397 e. The van der Waals surface area contributed by atoms with Crippen molar-refractivity contribution in [2.24, 2.45) is 17.8 Å². The predicted molar refractivity (Wildman–Crippen MR) is 179 cm³/mol. The third-order valence-electron chi connectivity index (χ3n) is 10.3. The molecule has 4 N–H and O–H groups in total. The van der Waals surface area contributed by atoms with Crippen molar-refractivity contribution in [3.8, 4) is 12.3 Å². The summed E-state index contributed by atoms with van der Waals surface area (Å²) < 4.78 is 0. The van der Waals surface area contributed by atoms with Crippen LogP contribution < -0.4 is 16.4 Å². The predicted octanol–water partition coefficient (Wildman–Crippen LogP) is 4.79. The molecule has 3 fully saturated rings. The molecule has 45 heavy (non-hydrogen) atoms. The topological polar surface area (TPSA) is 111 Å². The largest absolute Gasteiger partial charge is 0.397 e. The molecule has 5 heterocycles. The number of anilines is 2. The lowest BCUT2D eigenvalue weighted by Gasteiger charge is -2.41. The van der Waals surface area contributed by atoms with Crippen molar-refractivity contribution in [3.63, 3.8) is 0 Å². The number of nitrogens with two attached hydrogens (primary N) is 1. The number of carbonyl (C=O) groups excluding carboxylic acids is 3. The third-order valence-corrected chi connectivity index (χ3v) is 11.5. The molecule has 4 amide bonds. The first-order valence-electron chi connectivity index (χ1n) is 16.3. The molecular weight excluding hydrogens is 608 g/mol. The van der Waals surface area contributed by atoms with Crippen molar-refractivity contribution in [2.45, 2.75) is 64.0 Å². The maximum Gasteiger partial charge on any atom is 0.323 e. The van der Waals surface area contributed by atoms with Gasteiger partial charge in [0.25, 0.3) is 0 Å². The average Bonchev–Trinajstić information content (AvgIpc) is 3.53. The normalized spacial score (nSPS) is 20.8. The van der Waals surface area contributed by atoms with Crippen LogP contribution in [0.5, 0.6) is 0 Å². The van der Waals surface area contributed by atoms with E-state index in [1.165, 1.54) is 12.8 Å². The molecule has 3 saturated heterocycles. The van der Waals surface area contributed by atoms with Crippen molar-refractivity contribution >= 4 is 51.5 Å². The van der Waals surface area contributed by atoms with E-state index in [2.05, 4.69) is 22.6 Å². The second kappa shape index (κ2) is 14.0. The number of urea groups is 1. The van der Waals surface area contributed by atoms with E-state index in [4.69, 9.17) is 23.8 Å². The second-order valence-corrected chi connectivity index (χ2v) is 14.3. The van der Waals surface area contributed by atoms with E-state index in [1.807, 2.05) is 26.1 Å². The van der Waals surface area contributed by atoms with Crippen LogP contribution in [0.3, 0.4) is 0 Å². The van der Waals surface area contributed by atoms with Gasteiger partial charge in [-0.1, -0.05) is 17.5 Å². The highest BCUT2D eigenvalue weighted by molar-refractivity contribution is 7.14. The van der Waals surface area contributed by atoms with Gasteiger partial charge < -0.3 is 25.8 Å². The van der Waals surface area contributed by atoms with Crippen LogP contribution in [0.4, 0.5) is 15.5 Å². The SMILES string of the molecule is C#Cc1cc(C[C@@H](CC(=O)N2CCC(N3Cc4ccsc4NC3=O)CC2)C(=O)N2CCC(C3CCNCC3)CC2)cc(Cl)c1N. The summed E-state index contributed by atoms with van der Waals surface area (Å²) in [6, 6.07) is 5.63. The fraction of sp³-hybridized carbons (Fsp3) is 0.559. The van der Waals surface area contributed by atoms with Gasteiger partial charge in [0.2, 0.25) is 11.8 Å². The van der Waals surface area contributed by atoms with Gasteiger partial charge in [0, 0.05) is 49.8 Å². The summed E-state index contributed by atoms with van der Waals surface area (Å²) in [6.07, 6.45) is 12.0. The van der Waals surface area contributed by atoms with E-state index in [1.54, 1.807) is 17.4 Å². The van der Waals surface area contributed by atoms with E-state index in [0.717, 1.165) is 61.1 Å². The Bertz CT molecular complexity index is 1450. The number of carbonyl (C=O) groups is 3. The third kappa shape index (κ3) is 7.11. The Hall–Kier alpha value is -3.26. The van der Waals surface area contributed by atoms with E-state index in [9.17, 15) is 14.4 Å². The number of amides is 4. The standard InChI is InChI=1S/C34H43ClN6O3S/c1-2-23-17-22(19-29(35)31(23)36)18-27(33(43)40-12-5-25(6-13-40)24-3-10-37-11-4-24)20-30(42)39-14-7-28(8-15-39)41-21-26-9-16-45-32(26)38-34(41)44/h1,9,16-17,19,24-25,27-28,37H,3-8,10-15,18,20-21,36H2,(H,38,44)/t27-/m0/s1. The number of hydrogen-bond acceptors (Lipinski definition) is 6. The quantitative estimate of drug-likeness (QED) is 0.295. The molecule has 6 rings (SSSR count). The Morgan fingerprint density at radius 3 is 2.44 bits per heavy atom. The molecule has 240 valence electrons. The van der Waals surface area contributed by atoms with Crippen LogP contribution in [0.25, 0.3) is 0 Å². The lowest BCUT2D eigenvalue weighted by Crippen LogP contribution is -2.51. The van der Waals surface area contributed by atoms with E-state index >= 15 is 0 Å². The van der Waals surface area contributed by atoms with Crippen LogP contribution in [0, 0.1) is 30.1 Å². The van der Waals surface area contributed by atoms with Gasteiger partial charge >= 0.3 is 6.03 Å². The highest BCUT2D eigenvalue weighted by Crippen LogP contribution is 2.34. The summed E-state index contributed by atoms with van der Waals surface area (Å²) in [7, 11) is 0. The molecule has 0 aliphatic carbocycles. The Kier molecular flexibility index (Phi) is 9.88. The van der Waals surface area contributed by atoms with Crippen molar-refractivity contribution in [1.82, 2.24) is 20.0 Å². The van der Waals surface area contributed by atoms with Gasteiger partial charge in [-0.25, -0.2) is 4.79 Å². The minimum atomic E-state index is -0.527. The Balaban J connectivity index is 1.11. The van der Waals surface area contributed by atoms with Crippen molar-refractivity contribution in [3.05, 3.63) is 45.3 Å². The van der Waals surface area contributed by atoms with Gasteiger partial charge in [-0.05, 0) is 99.0 Å². The summed E-state index contributed by atoms with van der Waals surface area (Å²) in [4.78, 5) is 46.3. The highest BCUT2D eigenvalue weighted by Gasteiger charge is 2.36. The summed E-state index contributed by atoms with van der Waals surface area (Å²) in [5.41, 5.74) is 8.86. The van der Waals surface area contributed by atoms with Gasteiger partial charge in [0.1, 0.15) is 5.00 Å². The van der Waals surface area contributed by atoms with Gasteiger partial charge in [-0.15, -0.1) is 17.8 Å². The first-order chi connectivity index (χ1) is 21.8. The van der Waals surface area contributed by atoms with Gasteiger partial charge in [0.15, 0.2) is 0 Å². The van der Waals surface area contributed by atoms with Crippen molar-refractivity contribution < 1.29 is 14.4 Å². The number of nitrogens with one attached hydrogen (secondary N) is 2. The maximum absolute atomic E-state index is 14.1. The van der Waals surface area contributed by atoms with Crippen LogP contribution in [0.2, 0.25) is 5.02 Å². The number of nitrogen functional groups attached to an aromatic ring is 1. The van der Waals surface area contributed by atoms with Crippen LogP contribution >= 0.6 is 22.9 Å². The van der Waals surface area contributed by atoms with E-state index in [0.29, 0.717) is 61.1 Å². The molecule has 4 aliphatic rings. The molecule has 1 aromatic carbocycles. The van der Waals surface area contributed by atoms with E-state index < -0.39 is 5.92 Å². The number of piperidine rings is 3. The molecule has 4 aliphatic heterocycles. The number of halogens is 1. The maximum atomic E-state index is 14.1. The lowest BCUT2D eigenvalue weighted by atomic mass is 9.79. The fourth-order valence-electron chi connectivity index (χ4n) is 7.66. The summed E-state index contributed by atoms with van der Waals surface area (Å²) in [6.45, 7) is 5.32. The zero-order chi connectivity index (χ0) is 31.5. The Morgan fingerprint density at radius 2 is 1.73 bits per heavy atom. The van der Waals surface area contributed by atoms with Gasteiger partial charge in [-0.2, -0.15) is 0 Å². The number of hydrogen-bond donors (Lipinski definition) is 3. The molecular formula is C34H43ClN6O3S. The molecule has 0 spiro atoms. The number of likely N-dealkylation sites (tertiary alicyclic amines) is 2. The summed E-state index contributed by atoms with van der Waals surface area (Å²) in [5.74, 6) is 3.44. The van der Waals surface area contributed by atoms with Crippen molar-refractivity contribution in [2.75, 3.05) is 50.3 Å². The van der Waals surface area contributed by atoms with Crippen molar-refractivity contribution in [1.29, 1.82) is 0 Å². The van der Waals surface area contributed by atoms with Gasteiger partial charge in [0.05, 0.1) is 23.2 Å². The van der Waals surface area contributed by atoms with Crippen LogP contribution in [0.15, 0.2) is 23.6 Å². The molecule has 1 aromatic heterocycles. The lowest BCUT2D eigenvalue weighted by molar-refractivity contribution is -0.143. The molecule has 0 saturated carbocycles. The molecule has 11 heteroatoms. The molecule has 1 atom stereocenters. The van der Waals surface area contributed by atoms with Crippen LogP contribution in [0.1, 0.15) is 61.6 Å². The zero-order valence-electron chi connectivity index (χ0n) is 25.7. The zero-order valence-corrected chi connectivity index (χ0v) is 27.3. The number of nitrogens with zero attached hydrogens (tertiary/aromatic N) is 3.